The number of rotatable bonds is 14. The van der Waals surface area contributed by atoms with Crippen LogP contribution in [0.1, 0.15) is 39.0 Å². The monoisotopic (exact) mass is 346 g/mol. The van der Waals surface area contributed by atoms with Gasteiger partial charge in [0.15, 0.2) is 0 Å². The molecule has 0 saturated carbocycles. The van der Waals surface area contributed by atoms with Gasteiger partial charge in [-0.05, 0) is 31.4 Å². The van der Waals surface area contributed by atoms with Gasteiger partial charge in [0, 0.05) is 19.6 Å². The number of allylic oxidation sites excluding steroid dienone is 3. The van der Waals surface area contributed by atoms with Crippen LogP contribution in [0.3, 0.4) is 0 Å². The number of hydrogen-bond acceptors (Lipinski definition) is 4. The summed E-state index contributed by atoms with van der Waals surface area (Å²) in [7, 11) is -0.310. The molecule has 0 bridgehead atoms. The molecule has 0 aromatic carbocycles. The molecule has 0 heterocycles. The van der Waals surface area contributed by atoms with E-state index in [0.717, 1.165) is 18.6 Å². The molecule has 128 valence electrons. The molecule has 0 aromatic heterocycles. The third kappa shape index (κ3) is 5.73. The molecular weight excluding hydrogens is 315 g/mol. The lowest BCUT2D eigenvalue weighted by molar-refractivity contribution is 0.235. The average molecular weight is 346 g/mol. The standard InChI is InChI=1S/C17H31O3PS/c1-7-11-15-22-16(21(18,19-5)20-6)17(12-8-2,13-9-3)14-10-4/h8-10,16H,2-4,7,11-15H2,1,5-6H3. The first-order chi connectivity index (χ1) is 10.5. The van der Waals surface area contributed by atoms with Crippen LogP contribution in [0.2, 0.25) is 0 Å². The predicted octanol–water partition coefficient (Wildman–Crippen LogP) is 6.05. The van der Waals surface area contributed by atoms with E-state index in [9.17, 15) is 4.57 Å². The Morgan fingerprint density at radius 3 is 1.86 bits per heavy atom. The SMILES string of the molecule is C=CCC(CC=C)(CC=C)C(SCCCC)P(=O)(OC)OC. The lowest BCUT2D eigenvalue weighted by Crippen LogP contribution is -2.33. The average Bonchev–Trinajstić information content (AvgIpc) is 2.51. The highest BCUT2D eigenvalue weighted by atomic mass is 32.2. The summed E-state index contributed by atoms with van der Waals surface area (Å²) in [5.74, 6) is 0.922. The number of unbranched alkanes of at least 4 members (excludes halogenated alkanes) is 1. The zero-order valence-corrected chi connectivity index (χ0v) is 16.0. The summed E-state index contributed by atoms with van der Waals surface area (Å²) in [5, 5.41) is 0. The molecule has 0 spiro atoms. The Morgan fingerprint density at radius 1 is 1.09 bits per heavy atom. The van der Waals surface area contributed by atoms with Gasteiger partial charge in [-0.3, -0.25) is 4.57 Å². The topological polar surface area (TPSA) is 35.5 Å². The molecule has 0 radical (unpaired) electrons. The zero-order chi connectivity index (χ0) is 17.1. The molecular formula is C17H31O3PS. The molecule has 0 aliphatic heterocycles. The summed E-state index contributed by atoms with van der Waals surface area (Å²) in [6, 6.07) is 0. The number of thioether (sulfide) groups is 1. The van der Waals surface area contributed by atoms with E-state index in [4.69, 9.17) is 9.05 Å². The van der Waals surface area contributed by atoms with Gasteiger partial charge in [-0.2, -0.15) is 0 Å². The Hall–Kier alpha value is -0.280. The first-order valence-corrected chi connectivity index (χ1v) is 10.3. The van der Waals surface area contributed by atoms with Crippen molar-refractivity contribution in [1.29, 1.82) is 0 Å². The van der Waals surface area contributed by atoms with Crippen LogP contribution in [0.5, 0.6) is 0 Å². The highest BCUT2D eigenvalue weighted by Crippen LogP contribution is 2.64. The van der Waals surface area contributed by atoms with Crippen molar-refractivity contribution in [1.82, 2.24) is 0 Å². The second kappa shape index (κ2) is 11.3. The van der Waals surface area contributed by atoms with Gasteiger partial charge in [-0.1, -0.05) is 31.6 Å². The van der Waals surface area contributed by atoms with E-state index in [0.29, 0.717) is 19.3 Å². The molecule has 0 N–H and O–H groups in total. The van der Waals surface area contributed by atoms with Gasteiger partial charge in [-0.25, -0.2) is 0 Å². The number of hydrogen-bond donors (Lipinski definition) is 0. The smallest absolute Gasteiger partial charge is 0.311 e. The third-order valence-electron chi connectivity index (χ3n) is 3.75. The molecule has 1 atom stereocenters. The van der Waals surface area contributed by atoms with E-state index in [1.54, 1.807) is 11.8 Å². The maximum absolute atomic E-state index is 13.1. The second-order valence-corrected chi connectivity index (χ2v) is 9.21. The summed E-state index contributed by atoms with van der Waals surface area (Å²) >= 11 is 1.67. The molecule has 0 saturated heterocycles. The molecule has 5 heteroatoms. The highest BCUT2D eigenvalue weighted by molar-refractivity contribution is 8.05. The van der Waals surface area contributed by atoms with Crippen molar-refractivity contribution in [3.8, 4) is 0 Å². The third-order valence-corrected chi connectivity index (χ3v) is 8.45. The van der Waals surface area contributed by atoms with Gasteiger partial charge in [0.1, 0.15) is 4.99 Å². The van der Waals surface area contributed by atoms with Crippen LogP contribution in [-0.2, 0) is 13.6 Å². The van der Waals surface area contributed by atoms with Crippen molar-refractivity contribution in [2.75, 3.05) is 20.0 Å². The maximum atomic E-state index is 13.1. The lowest BCUT2D eigenvalue weighted by atomic mass is 9.79. The van der Waals surface area contributed by atoms with Crippen molar-refractivity contribution >= 4 is 19.4 Å². The minimum absolute atomic E-state index is 0.268. The Kier molecular flexibility index (Phi) is 11.1. The Morgan fingerprint density at radius 2 is 1.55 bits per heavy atom. The minimum Gasteiger partial charge on any atom is -0.311 e. The molecule has 0 aliphatic carbocycles. The van der Waals surface area contributed by atoms with Crippen LogP contribution in [0.4, 0.5) is 0 Å². The van der Waals surface area contributed by atoms with Crippen LogP contribution in [0.25, 0.3) is 0 Å². The highest BCUT2D eigenvalue weighted by Gasteiger charge is 2.48. The lowest BCUT2D eigenvalue weighted by Gasteiger charge is -2.41. The quantitative estimate of drug-likeness (QED) is 0.218. The molecule has 22 heavy (non-hydrogen) atoms. The van der Waals surface area contributed by atoms with Gasteiger partial charge in [0.05, 0.1) is 0 Å². The van der Waals surface area contributed by atoms with Crippen LogP contribution in [0.15, 0.2) is 38.0 Å². The van der Waals surface area contributed by atoms with Gasteiger partial charge in [-0.15, -0.1) is 31.5 Å². The normalized spacial score (nSPS) is 13.6. The van der Waals surface area contributed by atoms with Crippen molar-refractivity contribution in [3.63, 3.8) is 0 Å². The van der Waals surface area contributed by atoms with Crippen molar-refractivity contribution in [3.05, 3.63) is 38.0 Å². The van der Waals surface area contributed by atoms with Gasteiger partial charge < -0.3 is 9.05 Å². The van der Waals surface area contributed by atoms with E-state index in [2.05, 4.69) is 26.7 Å². The molecule has 0 fully saturated rings. The van der Waals surface area contributed by atoms with Crippen LogP contribution in [-0.4, -0.2) is 25.0 Å². The predicted molar refractivity (Wildman–Crippen MR) is 99.7 cm³/mol. The molecule has 0 aliphatic rings. The fourth-order valence-electron chi connectivity index (χ4n) is 2.62. The van der Waals surface area contributed by atoms with E-state index >= 15 is 0 Å². The first-order valence-electron chi connectivity index (χ1n) is 7.65. The molecule has 1 unspecified atom stereocenters. The molecule has 0 amide bonds. The van der Waals surface area contributed by atoms with Crippen molar-refractivity contribution in [2.24, 2.45) is 5.41 Å². The van der Waals surface area contributed by atoms with Crippen LogP contribution < -0.4 is 0 Å². The fraction of sp³-hybridized carbons (Fsp3) is 0.647. The summed E-state index contributed by atoms with van der Waals surface area (Å²) in [5.41, 5.74) is -0.300. The van der Waals surface area contributed by atoms with Crippen LogP contribution in [0, 0.1) is 5.41 Å². The molecule has 0 rings (SSSR count). The van der Waals surface area contributed by atoms with Crippen molar-refractivity contribution < 1.29 is 13.6 Å². The molecule has 0 aromatic rings. The Labute approximate surface area is 140 Å². The van der Waals surface area contributed by atoms with E-state index in [1.165, 1.54) is 14.2 Å². The van der Waals surface area contributed by atoms with Gasteiger partial charge >= 0.3 is 7.60 Å². The zero-order valence-electron chi connectivity index (χ0n) is 14.3. The molecule has 3 nitrogen and oxygen atoms in total. The van der Waals surface area contributed by atoms with E-state index < -0.39 is 7.60 Å². The summed E-state index contributed by atoms with van der Waals surface area (Å²) in [4.78, 5) is -0.268. The largest absolute Gasteiger partial charge is 0.343 e. The minimum atomic E-state index is -3.22. The summed E-state index contributed by atoms with van der Waals surface area (Å²) in [6.45, 7) is 13.8. The first kappa shape index (κ1) is 21.7. The van der Waals surface area contributed by atoms with Crippen LogP contribution >= 0.6 is 19.4 Å². The Bertz CT molecular complexity index is 361. The van der Waals surface area contributed by atoms with Gasteiger partial charge in [0.2, 0.25) is 0 Å². The van der Waals surface area contributed by atoms with E-state index in [1.807, 2.05) is 18.2 Å². The second-order valence-electron chi connectivity index (χ2n) is 5.32. The van der Waals surface area contributed by atoms with Crippen molar-refractivity contribution in [2.45, 2.75) is 44.0 Å². The maximum Gasteiger partial charge on any atom is 0.343 e. The summed E-state index contributed by atoms with van der Waals surface area (Å²) in [6.07, 6.45) is 9.92. The summed E-state index contributed by atoms with van der Waals surface area (Å²) < 4.78 is 23.8. The Balaban J connectivity index is 5.77. The van der Waals surface area contributed by atoms with Gasteiger partial charge in [0.25, 0.3) is 0 Å². The fourth-order valence-corrected chi connectivity index (χ4v) is 7.03. The van der Waals surface area contributed by atoms with E-state index in [-0.39, 0.29) is 10.4 Å².